The van der Waals surface area contributed by atoms with Gasteiger partial charge in [0.25, 0.3) is 0 Å². The number of aliphatic hydroxyl groups excluding tert-OH is 2. The minimum Gasteiger partial charge on any atom is -0.394 e. The summed E-state index contributed by atoms with van der Waals surface area (Å²) in [4.78, 5) is 0.642. The van der Waals surface area contributed by atoms with Crippen molar-refractivity contribution in [3.63, 3.8) is 0 Å². The van der Waals surface area contributed by atoms with E-state index in [0.29, 0.717) is 9.92 Å². The normalized spacial score (nSPS) is 8.67. The van der Waals surface area contributed by atoms with Crippen LogP contribution >= 0.6 is 25.3 Å². The maximum atomic E-state index is 7.62. The second kappa shape index (κ2) is 7.29. The monoisotopic (exact) mass is 207 g/mol. The molecule has 0 saturated carbocycles. The molecule has 0 bridgehead atoms. The molecule has 68 valence electrons. The Hall–Kier alpha value is -0.370. The van der Waals surface area contributed by atoms with E-state index in [1.807, 2.05) is 0 Å². The zero-order chi connectivity index (χ0) is 9.40. The number of thiol groups is 2. The lowest BCUT2D eigenvalue weighted by atomic mass is 10.7. The molecule has 2 N–H and O–H groups in total. The molecule has 5 nitrogen and oxygen atoms in total. The summed E-state index contributed by atoms with van der Waals surface area (Å²) in [5.74, 6) is 0. The van der Waals surface area contributed by atoms with E-state index in [0.717, 1.165) is 0 Å². The third-order valence-corrected chi connectivity index (χ3v) is 1.53. The molecule has 0 aliphatic rings. The average molecular weight is 207 g/mol. The van der Waals surface area contributed by atoms with Crippen LogP contribution < -0.4 is 0 Å². The average Bonchev–Trinajstić information content (AvgIpc) is 2.11. The lowest BCUT2D eigenvalue weighted by Crippen LogP contribution is -1.86. The molecule has 1 aromatic rings. The fourth-order valence-electron chi connectivity index (χ4n) is 0.258. The Bertz CT molecular complexity index is 201. The summed E-state index contributed by atoms with van der Waals surface area (Å²) in [6.07, 6.45) is 1.48. The van der Waals surface area contributed by atoms with Crippen molar-refractivity contribution in [2.75, 3.05) is 13.2 Å². The summed E-state index contributed by atoms with van der Waals surface area (Å²) in [6, 6.07) is 0. The highest BCUT2D eigenvalue weighted by Gasteiger charge is 1.90. The van der Waals surface area contributed by atoms with Gasteiger partial charge in [0.05, 0.1) is 24.3 Å². The van der Waals surface area contributed by atoms with Crippen LogP contribution in [0.2, 0.25) is 0 Å². The predicted molar refractivity (Wildman–Crippen MR) is 48.5 cm³/mol. The third-order valence-electron chi connectivity index (χ3n) is 0.700. The van der Waals surface area contributed by atoms with Gasteiger partial charge in [0.15, 0.2) is 0 Å². The molecule has 7 heteroatoms. The highest BCUT2D eigenvalue weighted by Crippen LogP contribution is 2.09. The topological polar surface area (TPSA) is 79.1 Å². The summed E-state index contributed by atoms with van der Waals surface area (Å²) >= 11 is 7.86. The number of hydrogen-bond donors (Lipinski definition) is 4. The van der Waals surface area contributed by atoms with E-state index in [2.05, 4.69) is 40.7 Å². The molecule has 0 atom stereocenters. The van der Waals surface area contributed by atoms with Gasteiger partial charge in [0.2, 0.25) is 0 Å². The lowest BCUT2D eigenvalue weighted by molar-refractivity contribution is 0.186. The molecule has 12 heavy (non-hydrogen) atoms. The summed E-state index contributed by atoms with van der Waals surface area (Å²) in [6.45, 7) is -0.250. The summed E-state index contributed by atoms with van der Waals surface area (Å²) in [5.41, 5.74) is 0. The van der Waals surface area contributed by atoms with Crippen LogP contribution in [-0.2, 0) is 0 Å². The van der Waals surface area contributed by atoms with Crippen molar-refractivity contribution in [3.8, 4) is 0 Å². The molecule has 0 amide bonds. The largest absolute Gasteiger partial charge is 0.394 e. The lowest BCUT2D eigenvalue weighted by Gasteiger charge is -1.87. The Morgan fingerprint density at radius 3 is 2.08 bits per heavy atom. The predicted octanol–water partition coefficient (Wildman–Crippen LogP) is -0.580. The number of hydrogen-bond acceptors (Lipinski definition) is 7. The van der Waals surface area contributed by atoms with Crippen molar-refractivity contribution in [3.05, 3.63) is 6.20 Å². The summed E-state index contributed by atoms with van der Waals surface area (Å²) < 4.78 is 0. The Morgan fingerprint density at radius 1 is 1.25 bits per heavy atom. The molecule has 0 aromatic carbocycles. The van der Waals surface area contributed by atoms with E-state index in [1.54, 1.807) is 0 Å². The third kappa shape index (κ3) is 5.30. The number of rotatable bonds is 1. The second-order valence-electron chi connectivity index (χ2n) is 1.59. The van der Waals surface area contributed by atoms with Crippen LogP contribution in [0.4, 0.5) is 0 Å². The molecule has 0 fully saturated rings. The van der Waals surface area contributed by atoms with Gasteiger partial charge >= 0.3 is 0 Å². The molecule has 1 rings (SSSR count). The molecule has 0 spiro atoms. The Kier molecular flexibility index (Phi) is 7.06. The van der Waals surface area contributed by atoms with Crippen LogP contribution in [0.1, 0.15) is 0 Å². The Labute approximate surface area is 80.7 Å². The highest BCUT2D eigenvalue weighted by atomic mass is 32.1. The van der Waals surface area contributed by atoms with Crippen molar-refractivity contribution >= 4 is 25.3 Å². The van der Waals surface area contributed by atoms with Crippen LogP contribution in [-0.4, -0.2) is 38.8 Å². The molecule has 0 aliphatic carbocycles. The maximum absolute atomic E-state index is 7.62. The van der Waals surface area contributed by atoms with Gasteiger partial charge in [-0.05, 0) is 5.21 Å². The highest BCUT2D eigenvalue weighted by molar-refractivity contribution is 7.83. The molecule has 1 aromatic heterocycles. The summed E-state index contributed by atoms with van der Waals surface area (Å²) in [7, 11) is 0. The first-order chi connectivity index (χ1) is 5.72. The SMILES string of the molecule is OCCO.Sc1cnnnc1S. The van der Waals surface area contributed by atoms with Crippen molar-refractivity contribution in [1.82, 2.24) is 15.4 Å². The zero-order valence-corrected chi connectivity index (χ0v) is 7.91. The minimum absolute atomic E-state index is 0.125. The number of aliphatic hydroxyl groups is 2. The van der Waals surface area contributed by atoms with Crippen LogP contribution in [0.3, 0.4) is 0 Å². The first kappa shape index (κ1) is 11.6. The molecule has 1 heterocycles. The molecular weight excluding hydrogens is 198 g/mol. The van der Waals surface area contributed by atoms with Gasteiger partial charge in [-0.25, -0.2) is 0 Å². The van der Waals surface area contributed by atoms with Crippen molar-refractivity contribution < 1.29 is 10.2 Å². The first-order valence-electron chi connectivity index (χ1n) is 3.00. The van der Waals surface area contributed by atoms with Gasteiger partial charge < -0.3 is 10.2 Å². The molecule has 0 radical (unpaired) electrons. The van der Waals surface area contributed by atoms with Crippen molar-refractivity contribution in [1.29, 1.82) is 0 Å². The summed E-state index contributed by atoms with van der Waals surface area (Å²) in [5, 5.41) is 26.0. The van der Waals surface area contributed by atoms with E-state index in [9.17, 15) is 0 Å². The minimum atomic E-state index is -0.125. The van der Waals surface area contributed by atoms with Gasteiger partial charge in [-0.15, -0.1) is 35.5 Å². The van der Waals surface area contributed by atoms with Gasteiger partial charge in [0, 0.05) is 0 Å². The van der Waals surface area contributed by atoms with E-state index >= 15 is 0 Å². The zero-order valence-electron chi connectivity index (χ0n) is 6.12. The fraction of sp³-hybridized carbons (Fsp3) is 0.400. The fourth-order valence-corrected chi connectivity index (χ4v) is 0.452. The van der Waals surface area contributed by atoms with Gasteiger partial charge in [0.1, 0.15) is 5.03 Å². The molecule has 0 unspecified atom stereocenters. The van der Waals surface area contributed by atoms with Gasteiger partial charge in [-0.3, -0.25) is 0 Å². The second-order valence-corrected chi connectivity index (χ2v) is 2.50. The smallest absolute Gasteiger partial charge is 0.132 e. The van der Waals surface area contributed by atoms with Crippen LogP contribution in [0.5, 0.6) is 0 Å². The van der Waals surface area contributed by atoms with Crippen molar-refractivity contribution in [2.24, 2.45) is 0 Å². The molecule has 0 aliphatic heterocycles. The van der Waals surface area contributed by atoms with Crippen LogP contribution in [0.25, 0.3) is 0 Å². The van der Waals surface area contributed by atoms with E-state index in [-0.39, 0.29) is 13.2 Å². The first-order valence-corrected chi connectivity index (χ1v) is 3.89. The van der Waals surface area contributed by atoms with Crippen LogP contribution in [0, 0.1) is 0 Å². The number of nitrogens with zero attached hydrogens (tertiary/aromatic N) is 3. The maximum Gasteiger partial charge on any atom is 0.132 e. The Morgan fingerprint density at radius 2 is 1.83 bits per heavy atom. The van der Waals surface area contributed by atoms with Gasteiger partial charge in [-0.1, -0.05) is 0 Å². The quantitative estimate of drug-likeness (QED) is 0.463. The van der Waals surface area contributed by atoms with Crippen LogP contribution in [0.15, 0.2) is 16.1 Å². The Balaban J connectivity index is 0.000000261. The van der Waals surface area contributed by atoms with E-state index in [1.165, 1.54) is 6.20 Å². The van der Waals surface area contributed by atoms with E-state index in [4.69, 9.17) is 10.2 Å². The van der Waals surface area contributed by atoms with E-state index < -0.39 is 0 Å². The van der Waals surface area contributed by atoms with Gasteiger partial charge in [-0.2, -0.15) is 0 Å². The molecule has 0 saturated heterocycles. The number of aromatic nitrogens is 3. The molecular formula is C5H9N3O2S2. The van der Waals surface area contributed by atoms with Crippen molar-refractivity contribution in [2.45, 2.75) is 9.92 Å². The standard InChI is InChI=1S/C3H3N3S2.C2H6O2/c7-2-1-4-6-5-3(2)8;3-1-2-4/h1H,(H,6,7)(H,4,5,8);3-4H,1-2H2.